The normalized spacial score (nSPS) is 15.1. The molecule has 0 heterocycles. The highest BCUT2D eigenvalue weighted by molar-refractivity contribution is 9.10. The monoisotopic (exact) mass is 481 g/mol. The van der Waals surface area contributed by atoms with E-state index in [2.05, 4.69) is 26.0 Å². The predicted molar refractivity (Wildman–Crippen MR) is 112 cm³/mol. The first-order valence-electron chi connectivity index (χ1n) is 9.14. The number of sulfonamides is 1. The standard InChI is InChI=1S/C19H20BrN3O5S/c20-17-10-9-13(19(24)21-15-7-4-8-16(12-15)23(25)26)11-18(17)29(27,28)22-14-5-2-1-3-6-14/h4,7-12,14,22H,1-3,5-6H2,(H,21,24). The van der Waals surface area contributed by atoms with Gasteiger partial charge in [0.05, 0.1) is 9.82 Å². The van der Waals surface area contributed by atoms with Crippen LogP contribution in [0.3, 0.4) is 0 Å². The van der Waals surface area contributed by atoms with Crippen LogP contribution < -0.4 is 10.0 Å². The van der Waals surface area contributed by atoms with Crippen LogP contribution in [-0.2, 0) is 10.0 Å². The minimum Gasteiger partial charge on any atom is -0.322 e. The van der Waals surface area contributed by atoms with Crippen molar-refractivity contribution in [1.82, 2.24) is 4.72 Å². The summed E-state index contributed by atoms with van der Waals surface area (Å²) in [4.78, 5) is 22.9. The van der Waals surface area contributed by atoms with E-state index in [0.29, 0.717) is 4.47 Å². The Labute approximate surface area is 177 Å². The molecule has 0 spiro atoms. The van der Waals surface area contributed by atoms with Crippen molar-refractivity contribution in [2.45, 2.75) is 43.0 Å². The molecule has 2 N–H and O–H groups in total. The summed E-state index contributed by atoms with van der Waals surface area (Å²) in [7, 11) is -3.80. The van der Waals surface area contributed by atoms with Crippen LogP contribution in [0.1, 0.15) is 42.5 Å². The highest BCUT2D eigenvalue weighted by atomic mass is 79.9. The Bertz CT molecular complexity index is 1040. The zero-order valence-corrected chi connectivity index (χ0v) is 17.8. The number of carbonyl (C=O) groups excluding carboxylic acids is 1. The second-order valence-corrected chi connectivity index (χ2v) is 9.40. The summed E-state index contributed by atoms with van der Waals surface area (Å²) in [6.07, 6.45) is 4.67. The van der Waals surface area contributed by atoms with Crippen molar-refractivity contribution in [3.63, 3.8) is 0 Å². The molecule has 2 aromatic carbocycles. The van der Waals surface area contributed by atoms with Crippen molar-refractivity contribution >= 4 is 43.2 Å². The van der Waals surface area contributed by atoms with E-state index in [4.69, 9.17) is 0 Å². The van der Waals surface area contributed by atoms with Crippen LogP contribution in [0.5, 0.6) is 0 Å². The van der Waals surface area contributed by atoms with E-state index < -0.39 is 20.9 Å². The zero-order valence-electron chi connectivity index (χ0n) is 15.4. The first-order valence-corrected chi connectivity index (χ1v) is 11.4. The second kappa shape index (κ2) is 9.02. The van der Waals surface area contributed by atoms with Gasteiger partial charge in [0.2, 0.25) is 10.0 Å². The topological polar surface area (TPSA) is 118 Å². The van der Waals surface area contributed by atoms with E-state index in [-0.39, 0.29) is 27.9 Å². The fraction of sp³-hybridized carbons (Fsp3) is 0.316. The molecule has 0 atom stereocenters. The van der Waals surface area contributed by atoms with Crippen molar-refractivity contribution in [2.75, 3.05) is 5.32 Å². The van der Waals surface area contributed by atoms with E-state index in [1.807, 2.05) is 0 Å². The molecule has 0 aliphatic heterocycles. The highest BCUT2D eigenvalue weighted by Crippen LogP contribution is 2.26. The van der Waals surface area contributed by atoms with Gasteiger partial charge in [-0.2, -0.15) is 0 Å². The summed E-state index contributed by atoms with van der Waals surface area (Å²) in [5, 5.41) is 13.4. The molecule has 29 heavy (non-hydrogen) atoms. The molecular formula is C19H20BrN3O5S. The van der Waals surface area contributed by atoms with Crippen LogP contribution in [-0.4, -0.2) is 25.3 Å². The lowest BCUT2D eigenvalue weighted by Crippen LogP contribution is -2.36. The van der Waals surface area contributed by atoms with Gasteiger partial charge in [-0.05, 0) is 53.0 Å². The average molecular weight is 482 g/mol. The summed E-state index contributed by atoms with van der Waals surface area (Å²) in [5.74, 6) is -0.563. The molecule has 0 aromatic heterocycles. The quantitative estimate of drug-likeness (QED) is 0.472. The summed E-state index contributed by atoms with van der Waals surface area (Å²) < 4.78 is 28.7. The van der Waals surface area contributed by atoms with Gasteiger partial charge < -0.3 is 5.32 Å². The van der Waals surface area contributed by atoms with Crippen LogP contribution in [0.15, 0.2) is 51.8 Å². The third kappa shape index (κ3) is 5.40. The van der Waals surface area contributed by atoms with Crippen molar-refractivity contribution in [2.24, 2.45) is 0 Å². The SMILES string of the molecule is O=C(Nc1cccc([N+](=O)[O-])c1)c1ccc(Br)c(S(=O)(=O)NC2CCCCC2)c1. The lowest BCUT2D eigenvalue weighted by Gasteiger charge is -2.23. The predicted octanol–water partition coefficient (Wildman–Crippen LogP) is 4.22. The van der Waals surface area contributed by atoms with Gasteiger partial charge in [-0.1, -0.05) is 25.3 Å². The maximum atomic E-state index is 12.8. The average Bonchev–Trinajstić information content (AvgIpc) is 2.68. The number of halogens is 1. The Morgan fingerprint density at radius 1 is 1.10 bits per heavy atom. The van der Waals surface area contributed by atoms with Crippen LogP contribution in [0.4, 0.5) is 11.4 Å². The second-order valence-electron chi connectivity index (χ2n) is 6.86. The number of amides is 1. The van der Waals surface area contributed by atoms with Crippen molar-refractivity contribution in [3.05, 3.63) is 62.6 Å². The Kier molecular flexibility index (Phi) is 6.66. The number of nitrogens with zero attached hydrogens (tertiary/aromatic N) is 1. The van der Waals surface area contributed by atoms with Crippen molar-refractivity contribution in [1.29, 1.82) is 0 Å². The number of nitro benzene ring substituents is 1. The molecule has 1 amide bonds. The number of nitrogens with one attached hydrogen (secondary N) is 2. The number of hydrogen-bond donors (Lipinski definition) is 2. The van der Waals surface area contributed by atoms with Crippen LogP contribution >= 0.6 is 15.9 Å². The molecule has 0 radical (unpaired) electrons. The molecule has 8 nitrogen and oxygen atoms in total. The molecule has 1 saturated carbocycles. The fourth-order valence-electron chi connectivity index (χ4n) is 3.25. The van der Waals surface area contributed by atoms with E-state index in [1.165, 1.54) is 42.5 Å². The van der Waals surface area contributed by atoms with Crippen molar-refractivity contribution < 1.29 is 18.1 Å². The molecule has 1 fully saturated rings. The van der Waals surface area contributed by atoms with Crippen molar-refractivity contribution in [3.8, 4) is 0 Å². The summed E-state index contributed by atoms with van der Waals surface area (Å²) in [6.45, 7) is 0. The Morgan fingerprint density at radius 3 is 2.52 bits per heavy atom. The highest BCUT2D eigenvalue weighted by Gasteiger charge is 2.25. The van der Waals surface area contributed by atoms with Gasteiger partial charge >= 0.3 is 0 Å². The molecule has 0 saturated heterocycles. The number of anilines is 1. The molecule has 2 aromatic rings. The molecule has 10 heteroatoms. The number of benzene rings is 2. The van der Waals surface area contributed by atoms with Gasteiger partial charge in [0.25, 0.3) is 11.6 Å². The minimum atomic E-state index is -3.80. The molecule has 3 rings (SSSR count). The maximum Gasteiger partial charge on any atom is 0.271 e. The Morgan fingerprint density at radius 2 is 1.83 bits per heavy atom. The van der Waals surface area contributed by atoms with Gasteiger partial charge in [0.1, 0.15) is 0 Å². The molecular weight excluding hydrogens is 462 g/mol. The Hall–Kier alpha value is -2.30. The molecule has 1 aliphatic rings. The number of non-ortho nitro benzene ring substituents is 1. The summed E-state index contributed by atoms with van der Waals surface area (Å²) in [5.41, 5.74) is 0.221. The first kappa shape index (κ1) is 21.4. The van der Waals surface area contributed by atoms with E-state index in [9.17, 15) is 23.3 Å². The van der Waals surface area contributed by atoms with Crippen LogP contribution in [0.2, 0.25) is 0 Å². The molecule has 154 valence electrons. The molecule has 0 unspecified atom stereocenters. The smallest absolute Gasteiger partial charge is 0.271 e. The van der Waals surface area contributed by atoms with E-state index in [1.54, 1.807) is 0 Å². The van der Waals surface area contributed by atoms with Gasteiger partial charge in [-0.25, -0.2) is 13.1 Å². The lowest BCUT2D eigenvalue weighted by atomic mass is 9.96. The summed E-state index contributed by atoms with van der Waals surface area (Å²) >= 11 is 3.25. The lowest BCUT2D eigenvalue weighted by molar-refractivity contribution is -0.384. The van der Waals surface area contributed by atoms with Crippen LogP contribution in [0.25, 0.3) is 0 Å². The Balaban J connectivity index is 1.81. The molecule has 0 bridgehead atoms. The van der Waals surface area contributed by atoms with Gasteiger partial charge in [-0.15, -0.1) is 0 Å². The van der Waals surface area contributed by atoms with Gasteiger partial charge in [-0.3, -0.25) is 14.9 Å². The fourth-order valence-corrected chi connectivity index (χ4v) is 5.55. The largest absolute Gasteiger partial charge is 0.322 e. The number of rotatable bonds is 6. The maximum absolute atomic E-state index is 12.8. The number of carbonyl (C=O) groups is 1. The van der Waals surface area contributed by atoms with E-state index in [0.717, 1.165) is 32.1 Å². The third-order valence-corrected chi connectivity index (χ3v) is 7.24. The number of nitro groups is 1. The summed E-state index contributed by atoms with van der Waals surface area (Å²) in [6, 6.07) is 9.69. The number of hydrogen-bond acceptors (Lipinski definition) is 5. The van der Waals surface area contributed by atoms with Gasteiger partial charge in [0.15, 0.2) is 0 Å². The van der Waals surface area contributed by atoms with E-state index >= 15 is 0 Å². The zero-order chi connectivity index (χ0) is 21.0. The molecule has 1 aliphatic carbocycles. The minimum absolute atomic E-state index is 0.0187. The van der Waals surface area contributed by atoms with Crippen LogP contribution in [0, 0.1) is 10.1 Å². The van der Waals surface area contributed by atoms with Gasteiger partial charge in [0, 0.05) is 33.9 Å². The first-order chi connectivity index (χ1) is 13.8. The third-order valence-electron chi connectivity index (χ3n) is 4.72.